The number of amides is 1. The van der Waals surface area contributed by atoms with Crippen molar-refractivity contribution in [1.82, 2.24) is 10.2 Å². The first-order valence-electron chi connectivity index (χ1n) is 7.18. The predicted octanol–water partition coefficient (Wildman–Crippen LogP) is 3.01. The lowest BCUT2D eigenvalue weighted by Crippen LogP contribution is -2.53. The van der Waals surface area contributed by atoms with Gasteiger partial charge in [0.1, 0.15) is 5.84 Å². The van der Waals surface area contributed by atoms with Crippen molar-refractivity contribution in [3.63, 3.8) is 0 Å². The molecule has 2 aromatic rings. The van der Waals surface area contributed by atoms with Crippen molar-refractivity contribution in [1.29, 1.82) is 0 Å². The fraction of sp³-hybridized carbons (Fsp3) is 0.176. The van der Waals surface area contributed by atoms with E-state index in [1.807, 2.05) is 30.3 Å². The van der Waals surface area contributed by atoms with E-state index in [9.17, 15) is 4.79 Å². The summed E-state index contributed by atoms with van der Waals surface area (Å²) in [6.07, 6.45) is 0. The second-order valence-electron chi connectivity index (χ2n) is 5.45. The summed E-state index contributed by atoms with van der Waals surface area (Å²) in [6.45, 7) is 0.821. The molecule has 1 saturated heterocycles. The third-order valence-electron chi connectivity index (χ3n) is 4.05. The fourth-order valence-corrected chi connectivity index (χ4v) is 3.45. The van der Waals surface area contributed by atoms with Gasteiger partial charge in [0.05, 0.1) is 24.8 Å². The average molecular weight is 356 g/mol. The second kappa shape index (κ2) is 5.25. The van der Waals surface area contributed by atoms with E-state index in [-0.39, 0.29) is 11.9 Å². The normalized spacial score (nSPS) is 19.9. The lowest BCUT2D eigenvalue weighted by Gasteiger charge is -2.40. The standard InChI is InChI=1S/C17H14BrN3O/c18-12-6-7-14-13(8-12)17(11-4-2-1-3-5-11)21-10-16(22)19-9-15(21)20-14/h1-8,17H,9-10H2,(H,19,22)/t17-/m1/s1. The molecule has 22 heavy (non-hydrogen) atoms. The number of nitrogens with zero attached hydrogens (tertiary/aromatic N) is 2. The molecule has 0 radical (unpaired) electrons. The highest BCUT2D eigenvalue weighted by Gasteiger charge is 2.34. The molecule has 1 atom stereocenters. The Kier molecular flexibility index (Phi) is 3.22. The van der Waals surface area contributed by atoms with E-state index in [2.05, 4.69) is 44.3 Å². The van der Waals surface area contributed by atoms with Crippen LogP contribution in [0.3, 0.4) is 0 Å². The maximum absolute atomic E-state index is 11.9. The molecule has 2 aliphatic heterocycles. The molecule has 2 aromatic carbocycles. The van der Waals surface area contributed by atoms with Crippen LogP contribution in [-0.4, -0.2) is 29.7 Å². The predicted molar refractivity (Wildman–Crippen MR) is 89.2 cm³/mol. The molecule has 110 valence electrons. The minimum atomic E-state index is 0.0206. The number of rotatable bonds is 1. The van der Waals surface area contributed by atoms with Gasteiger partial charge in [0.25, 0.3) is 0 Å². The Balaban J connectivity index is 1.91. The molecular formula is C17H14BrN3O. The number of halogens is 1. The van der Waals surface area contributed by atoms with E-state index in [1.165, 1.54) is 5.56 Å². The van der Waals surface area contributed by atoms with Crippen molar-refractivity contribution in [2.45, 2.75) is 6.04 Å². The average Bonchev–Trinajstić information content (AvgIpc) is 2.54. The zero-order valence-corrected chi connectivity index (χ0v) is 13.4. The van der Waals surface area contributed by atoms with E-state index in [0.29, 0.717) is 13.1 Å². The minimum absolute atomic E-state index is 0.0206. The number of hydrogen-bond donors (Lipinski definition) is 1. The van der Waals surface area contributed by atoms with Crippen LogP contribution in [0.4, 0.5) is 5.69 Å². The van der Waals surface area contributed by atoms with Gasteiger partial charge in [0.15, 0.2) is 0 Å². The fourth-order valence-electron chi connectivity index (χ4n) is 3.07. The highest BCUT2D eigenvalue weighted by Crippen LogP contribution is 2.40. The Labute approximate surface area is 137 Å². The van der Waals surface area contributed by atoms with Crippen LogP contribution in [0.2, 0.25) is 0 Å². The van der Waals surface area contributed by atoms with E-state index >= 15 is 0 Å². The van der Waals surface area contributed by atoms with Gasteiger partial charge in [-0.05, 0) is 23.8 Å². The highest BCUT2D eigenvalue weighted by atomic mass is 79.9. The van der Waals surface area contributed by atoms with Crippen LogP contribution in [0.1, 0.15) is 17.2 Å². The number of fused-ring (bicyclic) bond motifs is 2. The summed E-state index contributed by atoms with van der Waals surface area (Å²) in [5.74, 6) is 0.960. The highest BCUT2D eigenvalue weighted by molar-refractivity contribution is 9.10. The SMILES string of the molecule is O=C1CN2C(=Nc3ccc(Br)cc3[C@H]2c2ccccc2)CN1. The van der Waals surface area contributed by atoms with Gasteiger partial charge in [-0.15, -0.1) is 0 Å². The molecule has 1 fully saturated rings. The zero-order chi connectivity index (χ0) is 15.1. The summed E-state index contributed by atoms with van der Waals surface area (Å²) in [7, 11) is 0. The summed E-state index contributed by atoms with van der Waals surface area (Å²) in [5, 5.41) is 2.87. The summed E-state index contributed by atoms with van der Waals surface area (Å²) in [5.41, 5.74) is 3.27. The van der Waals surface area contributed by atoms with E-state index in [0.717, 1.165) is 21.6 Å². The van der Waals surface area contributed by atoms with E-state index in [1.54, 1.807) is 0 Å². The molecule has 5 heteroatoms. The molecule has 4 rings (SSSR count). The summed E-state index contributed by atoms with van der Waals surface area (Å²) < 4.78 is 1.02. The van der Waals surface area contributed by atoms with E-state index < -0.39 is 0 Å². The van der Waals surface area contributed by atoms with Crippen molar-refractivity contribution < 1.29 is 4.79 Å². The summed E-state index contributed by atoms with van der Waals surface area (Å²) >= 11 is 3.54. The Bertz CT molecular complexity index is 773. The van der Waals surface area contributed by atoms with Crippen molar-refractivity contribution in [3.05, 3.63) is 64.1 Å². The van der Waals surface area contributed by atoms with Crippen LogP contribution in [0.15, 0.2) is 58.0 Å². The first kappa shape index (κ1) is 13.5. The molecule has 2 heterocycles. The van der Waals surface area contributed by atoms with Crippen LogP contribution >= 0.6 is 15.9 Å². The smallest absolute Gasteiger partial charge is 0.239 e. The van der Waals surface area contributed by atoms with Crippen molar-refractivity contribution >= 4 is 33.4 Å². The van der Waals surface area contributed by atoms with Crippen LogP contribution in [-0.2, 0) is 4.79 Å². The monoisotopic (exact) mass is 355 g/mol. The van der Waals surface area contributed by atoms with Crippen LogP contribution in [0.25, 0.3) is 0 Å². The molecular weight excluding hydrogens is 342 g/mol. The number of benzene rings is 2. The maximum atomic E-state index is 11.9. The third-order valence-corrected chi connectivity index (χ3v) is 4.54. The van der Waals surface area contributed by atoms with Gasteiger partial charge in [-0.3, -0.25) is 4.79 Å². The molecule has 2 aliphatic rings. The van der Waals surface area contributed by atoms with Crippen LogP contribution in [0, 0.1) is 0 Å². The zero-order valence-electron chi connectivity index (χ0n) is 11.8. The third kappa shape index (κ3) is 2.22. The molecule has 0 aromatic heterocycles. The molecule has 0 bridgehead atoms. The Morgan fingerprint density at radius 1 is 1.18 bits per heavy atom. The number of carbonyl (C=O) groups excluding carboxylic acids is 1. The van der Waals surface area contributed by atoms with Crippen molar-refractivity contribution in [2.75, 3.05) is 13.1 Å². The Morgan fingerprint density at radius 3 is 2.82 bits per heavy atom. The number of piperazine rings is 1. The summed E-state index contributed by atoms with van der Waals surface area (Å²) in [4.78, 5) is 18.7. The van der Waals surface area contributed by atoms with Gasteiger partial charge in [0.2, 0.25) is 5.91 Å². The molecule has 0 unspecified atom stereocenters. The van der Waals surface area contributed by atoms with Gasteiger partial charge in [-0.1, -0.05) is 46.3 Å². The lowest BCUT2D eigenvalue weighted by molar-refractivity contribution is -0.122. The lowest BCUT2D eigenvalue weighted by atomic mass is 9.93. The first-order chi connectivity index (χ1) is 10.7. The number of carbonyl (C=O) groups is 1. The second-order valence-corrected chi connectivity index (χ2v) is 6.36. The van der Waals surface area contributed by atoms with Gasteiger partial charge in [0, 0.05) is 10.0 Å². The topological polar surface area (TPSA) is 44.7 Å². The van der Waals surface area contributed by atoms with Crippen LogP contribution in [0.5, 0.6) is 0 Å². The van der Waals surface area contributed by atoms with Gasteiger partial charge in [-0.2, -0.15) is 0 Å². The van der Waals surface area contributed by atoms with Crippen molar-refractivity contribution in [3.8, 4) is 0 Å². The molecule has 1 N–H and O–H groups in total. The maximum Gasteiger partial charge on any atom is 0.239 e. The Morgan fingerprint density at radius 2 is 2.00 bits per heavy atom. The molecule has 0 spiro atoms. The number of amidine groups is 1. The van der Waals surface area contributed by atoms with Gasteiger partial charge >= 0.3 is 0 Å². The minimum Gasteiger partial charge on any atom is -0.347 e. The van der Waals surface area contributed by atoms with E-state index in [4.69, 9.17) is 4.99 Å². The number of nitrogens with one attached hydrogen (secondary N) is 1. The summed E-state index contributed by atoms with van der Waals surface area (Å²) in [6, 6.07) is 16.4. The largest absolute Gasteiger partial charge is 0.347 e. The van der Waals surface area contributed by atoms with Gasteiger partial charge in [-0.25, -0.2) is 4.99 Å². The molecule has 4 nitrogen and oxygen atoms in total. The quantitative estimate of drug-likeness (QED) is 0.854. The van der Waals surface area contributed by atoms with Gasteiger partial charge < -0.3 is 10.2 Å². The molecule has 0 saturated carbocycles. The Hall–Kier alpha value is -2.14. The number of hydrogen-bond acceptors (Lipinski definition) is 3. The van der Waals surface area contributed by atoms with Crippen molar-refractivity contribution in [2.24, 2.45) is 4.99 Å². The van der Waals surface area contributed by atoms with Crippen LogP contribution < -0.4 is 5.32 Å². The first-order valence-corrected chi connectivity index (χ1v) is 7.97. The number of aliphatic imine (C=N–C) groups is 1. The molecule has 0 aliphatic carbocycles. The molecule has 1 amide bonds.